The van der Waals surface area contributed by atoms with Gasteiger partial charge in [-0.3, -0.25) is 4.79 Å². The SMILES string of the molecule is O=C(COC(=O)/C=C/c1ccc2c(c1)OCCO2)NCc1cccs1. The van der Waals surface area contributed by atoms with Crippen molar-refractivity contribution in [3.8, 4) is 11.5 Å². The van der Waals surface area contributed by atoms with Crippen molar-refractivity contribution in [3.63, 3.8) is 0 Å². The van der Waals surface area contributed by atoms with E-state index in [9.17, 15) is 9.59 Å². The van der Waals surface area contributed by atoms with Crippen LogP contribution in [0.2, 0.25) is 0 Å². The molecule has 0 saturated heterocycles. The lowest BCUT2D eigenvalue weighted by Crippen LogP contribution is -2.27. The number of hydrogen-bond acceptors (Lipinski definition) is 6. The van der Waals surface area contributed by atoms with Gasteiger partial charge in [-0.15, -0.1) is 11.3 Å². The standard InChI is InChI=1S/C18H17NO5S/c20-17(19-11-14-2-1-9-25-14)12-24-18(21)6-4-13-3-5-15-16(10-13)23-8-7-22-15/h1-6,9-10H,7-8,11-12H2,(H,19,20)/b6-4+. The van der Waals surface area contributed by atoms with Crippen molar-refractivity contribution in [2.75, 3.05) is 19.8 Å². The van der Waals surface area contributed by atoms with E-state index in [4.69, 9.17) is 14.2 Å². The summed E-state index contributed by atoms with van der Waals surface area (Å²) >= 11 is 1.55. The summed E-state index contributed by atoms with van der Waals surface area (Å²) < 4.78 is 15.8. The first-order valence-corrected chi connectivity index (χ1v) is 8.62. The minimum Gasteiger partial charge on any atom is -0.486 e. The van der Waals surface area contributed by atoms with Gasteiger partial charge in [0, 0.05) is 11.0 Å². The number of ether oxygens (including phenoxy) is 3. The minimum absolute atomic E-state index is 0.310. The molecule has 3 rings (SSSR count). The molecule has 0 atom stereocenters. The molecule has 7 heteroatoms. The lowest BCUT2D eigenvalue weighted by molar-refractivity contribution is -0.143. The third-order valence-corrected chi connectivity index (χ3v) is 4.24. The molecule has 1 aromatic carbocycles. The molecular formula is C18H17NO5S. The van der Waals surface area contributed by atoms with Gasteiger partial charge in [-0.05, 0) is 35.2 Å². The van der Waals surface area contributed by atoms with Crippen LogP contribution in [0.1, 0.15) is 10.4 Å². The highest BCUT2D eigenvalue weighted by molar-refractivity contribution is 7.09. The van der Waals surface area contributed by atoms with Gasteiger partial charge in [0.2, 0.25) is 0 Å². The number of carbonyl (C=O) groups excluding carboxylic acids is 2. The second-order valence-electron chi connectivity index (χ2n) is 5.20. The summed E-state index contributed by atoms with van der Waals surface area (Å²) in [6.07, 6.45) is 2.88. The largest absolute Gasteiger partial charge is 0.486 e. The van der Waals surface area contributed by atoms with Crippen LogP contribution in [-0.2, 0) is 20.9 Å². The van der Waals surface area contributed by atoms with Gasteiger partial charge in [0.05, 0.1) is 6.54 Å². The third kappa shape index (κ3) is 5.09. The van der Waals surface area contributed by atoms with Gasteiger partial charge in [0.25, 0.3) is 5.91 Å². The number of benzene rings is 1. The van der Waals surface area contributed by atoms with E-state index in [-0.39, 0.29) is 12.5 Å². The van der Waals surface area contributed by atoms with Crippen LogP contribution in [0.15, 0.2) is 41.8 Å². The molecule has 0 unspecified atom stereocenters. The Morgan fingerprint density at radius 2 is 2.04 bits per heavy atom. The number of nitrogens with one attached hydrogen (secondary N) is 1. The lowest BCUT2D eigenvalue weighted by atomic mass is 10.2. The molecule has 0 bridgehead atoms. The van der Waals surface area contributed by atoms with Gasteiger partial charge in [0.1, 0.15) is 13.2 Å². The van der Waals surface area contributed by atoms with E-state index < -0.39 is 5.97 Å². The highest BCUT2D eigenvalue weighted by atomic mass is 32.1. The summed E-state index contributed by atoms with van der Waals surface area (Å²) in [6, 6.07) is 9.22. The maximum absolute atomic E-state index is 11.7. The summed E-state index contributed by atoms with van der Waals surface area (Å²) in [5.74, 6) is 0.416. The zero-order chi connectivity index (χ0) is 17.5. The van der Waals surface area contributed by atoms with Gasteiger partial charge in [-0.1, -0.05) is 12.1 Å². The van der Waals surface area contributed by atoms with Crippen LogP contribution in [-0.4, -0.2) is 31.7 Å². The predicted octanol–water partition coefficient (Wildman–Crippen LogP) is 2.39. The molecule has 130 valence electrons. The van der Waals surface area contributed by atoms with Crippen LogP contribution in [0.3, 0.4) is 0 Å². The molecule has 1 aliphatic heterocycles. The Kier molecular flexibility index (Phi) is 5.69. The summed E-state index contributed by atoms with van der Waals surface area (Å²) in [6.45, 7) is 1.16. The van der Waals surface area contributed by atoms with Crippen molar-refractivity contribution in [2.24, 2.45) is 0 Å². The van der Waals surface area contributed by atoms with Gasteiger partial charge in [0.15, 0.2) is 18.1 Å². The first-order valence-electron chi connectivity index (χ1n) is 7.74. The van der Waals surface area contributed by atoms with Crippen molar-refractivity contribution < 1.29 is 23.8 Å². The van der Waals surface area contributed by atoms with Gasteiger partial charge < -0.3 is 19.5 Å². The molecule has 0 saturated carbocycles. The number of carbonyl (C=O) groups is 2. The van der Waals surface area contributed by atoms with E-state index in [1.165, 1.54) is 6.08 Å². The molecule has 0 radical (unpaired) electrons. The van der Waals surface area contributed by atoms with Crippen LogP contribution < -0.4 is 14.8 Å². The van der Waals surface area contributed by atoms with E-state index in [1.54, 1.807) is 29.5 Å². The Hall–Kier alpha value is -2.80. The number of esters is 1. The topological polar surface area (TPSA) is 73.9 Å². The molecule has 1 aliphatic rings. The highest BCUT2D eigenvalue weighted by Crippen LogP contribution is 2.31. The minimum atomic E-state index is -0.582. The lowest BCUT2D eigenvalue weighted by Gasteiger charge is -2.18. The smallest absolute Gasteiger partial charge is 0.331 e. The quantitative estimate of drug-likeness (QED) is 0.633. The number of amides is 1. The molecule has 1 amide bonds. The second kappa shape index (κ2) is 8.34. The monoisotopic (exact) mass is 359 g/mol. The second-order valence-corrected chi connectivity index (χ2v) is 6.23. The molecule has 0 spiro atoms. The van der Waals surface area contributed by atoms with Gasteiger partial charge in [-0.25, -0.2) is 4.79 Å². The maximum Gasteiger partial charge on any atom is 0.331 e. The van der Waals surface area contributed by atoms with Crippen molar-refractivity contribution in [1.29, 1.82) is 0 Å². The molecular weight excluding hydrogens is 342 g/mol. The van der Waals surface area contributed by atoms with Crippen LogP contribution in [0.4, 0.5) is 0 Å². The Labute approximate surface area is 149 Å². The average molecular weight is 359 g/mol. The van der Waals surface area contributed by atoms with E-state index in [1.807, 2.05) is 23.6 Å². The normalized spacial score (nSPS) is 12.8. The first-order chi connectivity index (χ1) is 12.2. The zero-order valence-corrected chi connectivity index (χ0v) is 14.2. The Balaban J connectivity index is 1.44. The van der Waals surface area contributed by atoms with Crippen molar-refractivity contribution >= 4 is 29.3 Å². The number of fused-ring (bicyclic) bond motifs is 1. The Morgan fingerprint density at radius 1 is 1.20 bits per heavy atom. The Morgan fingerprint density at radius 3 is 2.84 bits per heavy atom. The van der Waals surface area contributed by atoms with Crippen molar-refractivity contribution in [2.45, 2.75) is 6.54 Å². The zero-order valence-electron chi connectivity index (χ0n) is 13.4. The maximum atomic E-state index is 11.7. The molecule has 25 heavy (non-hydrogen) atoms. The van der Waals surface area contributed by atoms with Crippen LogP contribution in [0.25, 0.3) is 6.08 Å². The highest BCUT2D eigenvalue weighted by Gasteiger charge is 2.11. The molecule has 1 N–H and O–H groups in total. The van der Waals surface area contributed by atoms with Crippen LogP contribution in [0.5, 0.6) is 11.5 Å². The number of thiophene rings is 1. The average Bonchev–Trinajstić information content (AvgIpc) is 3.16. The van der Waals surface area contributed by atoms with Crippen LogP contribution >= 0.6 is 11.3 Å². The third-order valence-electron chi connectivity index (χ3n) is 3.36. The Bertz CT molecular complexity index is 770. The van der Waals surface area contributed by atoms with E-state index in [2.05, 4.69) is 5.32 Å². The first kappa shape index (κ1) is 17.0. The number of hydrogen-bond donors (Lipinski definition) is 1. The van der Waals surface area contributed by atoms with E-state index >= 15 is 0 Å². The predicted molar refractivity (Wildman–Crippen MR) is 93.6 cm³/mol. The van der Waals surface area contributed by atoms with Gasteiger partial charge in [-0.2, -0.15) is 0 Å². The summed E-state index contributed by atoms with van der Waals surface area (Å²) in [4.78, 5) is 24.4. The molecule has 2 aromatic rings. The fourth-order valence-electron chi connectivity index (χ4n) is 2.16. The fraction of sp³-hybridized carbons (Fsp3) is 0.222. The molecule has 6 nitrogen and oxygen atoms in total. The summed E-state index contributed by atoms with van der Waals surface area (Å²) in [7, 11) is 0. The molecule has 0 fully saturated rings. The molecule has 0 aliphatic carbocycles. The fourth-order valence-corrected chi connectivity index (χ4v) is 2.81. The van der Waals surface area contributed by atoms with E-state index in [0.29, 0.717) is 31.3 Å². The molecule has 1 aromatic heterocycles. The summed E-state index contributed by atoms with van der Waals surface area (Å²) in [5, 5.41) is 4.62. The molecule has 2 heterocycles. The number of rotatable bonds is 6. The van der Waals surface area contributed by atoms with Crippen molar-refractivity contribution in [1.82, 2.24) is 5.32 Å². The van der Waals surface area contributed by atoms with Crippen LogP contribution in [0, 0.1) is 0 Å². The van der Waals surface area contributed by atoms with E-state index in [0.717, 1.165) is 10.4 Å². The van der Waals surface area contributed by atoms with Crippen molar-refractivity contribution in [3.05, 3.63) is 52.2 Å². The van der Waals surface area contributed by atoms with Gasteiger partial charge >= 0.3 is 5.97 Å². The summed E-state index contributed by atoms with van der Waals surface area (Å²) in [5.41, 5.74) is 0.781.